The summed E-state index contributed by atoms with van der Waals surface area (Å²) in [6.45, 7) is 1.89. The van der Waals surface area contributed by atoms with Crippen LogP contribution in [-0.4, -0.2) is 5.78 Å². The molecule has 0 heterocycles. The normalized spacial score (nSPS) is 13.0. The van der Waals surface area contributed by atoms with Crippen LogP contribution in [-0.2, 0) is 6.18 Å². The molecule has 0 aliphatic heterocycles. The van der Waals surface area contributed by atoms with Crippen LogP contribution >= 0.6 is 0 Å². The molecule has 0 radical (unpaired) electrons. The van der Waals surface area contributed by atoms with Gasteiger partial charge in [-0.25, -0.2) is 0 Å². The number of hydrogen-bond donors (Lipinski definition) is 0. The van der Waals surface area contributed by atoms with Crippen molar-refractivity contribution in [3.05, 3.63) is 71.3 Å². The number of halogens is 3. The van der Waals surface area contributed by atoms with Gasteiger partial charge >= 0.3 is 6.18 Å². The fraction of sp³-hybridized carbons (Fsp3) is 0.235. The van der Waals surface area contributed by atoms with Gasteiger partial charge in [-0.1, -0.05) is 49.4 Å². The van der Waals surface area contributed by atoms with E-state index in [9.17, 15) is 18.0 Å². The van der Waals surface area contributed by atoms with Crippen LogP contribution in [0, 0.1) is 0 Å². The second kappa shape index (κ2) is 6.12. The highest BCUT2D eigenvalue weighted by Crippen LogP contribution is 2.30. The van der Waals surface area contributed by atoms with Crippen LogP contribution in [0.4, 0.5) is 13.2 Å². The molecular weight excluding hydrogens is 277 g/mol. The Morgan fingerprint density at radius 1 is 1.00 bits per heavy atom. The molecule has 1 unspecified atom stereocenters. The first-order valence-electron chi connectivity index (χ1n) is 6.70. The first-order chi connectivity index (χ1) is 9.93. The van der Waals surface area contributed by atoms with E-state index in [0.717, 1.165) is 17.7 Å². The van der Waals surface area contributed by atoms with Gasteiger partial charge in [-0.05, 0) is 24.1 Å². The van der Waals surface area contributed by atoms with Crippen molar-refractivity contribution in [2.24, 2.45) is 0 Å². The third kappa shape index (κ3) is 3.51. The first kappa shape index (κ1) is 15.3. The summed E-state index contributed by atoms with van der Waals surface area (Å²) in [6.07, 6.45) is -3.78. The smallest absolute Gasteiger partial charge is 0.293 e. The zero-order chi connectivity index (χ0) is 15.5. The standard InChI is InChI=1S/C17H15F3O/c1-2-15(12-6-4-3-5-7-12)16(21)13-8-10-14(11-9-13)17(18,19)20/h3-11,15H,2H2,1H3. The number of carbonyl (C=O) groups excluding carboxylic acids is 1. The predicted octanol–water partition coefficient (Wildman–Crippen LogP) is 5.08. The minimum absolute atomic E-state index is 0.155. The molecule has 4 heteroatoms. The molecule has 0 amide bonds. The van der Waals surface area contributed by atoms with Crippen LogP contribution in [0.1, 0.15) is 40.7 Å². The van der Waals surface area contributed by atoms with Crippen molar-refractivity contribution in [2.45, 2.75) is 25.4 Å². The molecule has 0 saturated heterocycles. The Balaban J connectivity index is 2.26. The van der Waals surface area contributed by atoms with Crippen molar-refractivity contribution in [3.63, 3.8) is 0 Å². The molecule has 1 atom stereocenters. The number of benzene rings is 2. The maximum absolute atomic E-state index is 12.5. The second-order valence-electron chi connectivity index (χ2n) is 4.81. The molecule has 2 aromatic rings. The summed E-state index contributed by atoms with van der Waals surface area (Å²) in [5.74, 6) is -0.486. The summed E-state index contributed by atoms with van der Waals surface area (Å²) in [4.78, 5) is 12.5. The minimum Gasteiger partial charge on any atom is -0.293 e. The third-order valence-corrected chi connectivity index (χ3v) is 3.42. The van der Waals surface area contributed by atoms with Gasteiger partial charge in [0.15, 0.2) is 5.78 Å². The molecular formula is C17H15F3O. The Morgan fingerprint density at radius 3 is 2.05 bits per heavy atom. The van der Waals surface area contributed by atoms with E-state index in [1.807, 2.05) is 37.3 Å². The van der Waals surface area contributed by atoms with E-state index in [1.54, 1.807) is 0 Å². The molecule has 0 aliphatic rings. The molecule has 0 saturated carbocycles. The van der Waals surface area contributed by atoms with Crippen molar-refractivity contribution in [2.75, 3.05) is 0 Å². The zero-order valence-electron chi connectivity index (χ0n) is 11.5. The number of hydrogen-bond acceptors (Lipinski definition) is 1. The number of rotatable bonds is 4. The molecule has 21 heavy (non-hydrogen) atoms. The van der Waals surface area contributed by atoms with Crippen molar-refractivity contribution in [1.29, 1.82) is 0 Å². The monoisotopic (exact) mass is 292 g/mol. The van der Waals surface area contributed by atoms with Gasteiger partial charge < -0.3 is 0 Å². The van der Waals surface area contributed by atoms with Crippen LogP contribution in [0.3, 0.4) is 0 Å². The highest BCUT2D eigenvalue weighted by Gasteiger charge is 2.30. The van der Waals surface area contributed by atoms with E-state index in [-0.39, 0.29) is 11.7 Å². The number of Topliss-reactive ketones (excluding diaryl/α,β-unsaturated/α-hetero) is 1. The third-order valence-electron chi connectivity index (χ3n) is 3.42. The Kier molecular flexibility index (Phi) is 4.46. The van der Waals surface area contributed by atoms with Gasteiger partial charge in [0.25, 0.3) is 0 Å². The van der Waals surface area contributed by atoms with Gasteiger partial charge in [-0.2, -0.15) is 13.2 Å². The largest absolute Gasteiger partial charge is 0.416 e. The number of alkyl halides is 3. The van der Waals surface area contributed by atoms with E-state index < -0.39 is 11.7 Å². The number of carbonyl (C=O) groups is 1. The van der Waals surface area contributed by atoms with Gasteiger partial charge in [0.1, 0.15) is 0 Å². The summed E-state index contributed by atoms with van der Waals surface area (Å²) in [7, 11) is 0. The minimum atomic E-state index is -4.38. The van der Waals surface area contributed by atoms with Gasteiger partial charge in [-0.15, -0.1) is 0 Å². The maximum Gasteiger partial charge on any atom is 0.416 e. The first-order valence-corrected chi connectivity index (χ1v) is 6.70. The Labute approximate surface area is 121 Å². The van der Waals surface area contributed by atoms with E-state index in [1.165, 1.54) is 12.1 Å². The summed E-state index contributed by atoms with van der Waals surface area (Å²) >= 11 is 0. The number of ketones is 1. The van der Waals surface area contributed by atoms with Crippen LogP contribution in [0.25, 0.3) is 0 Å². The van der Waals surface area contributed by atoms with Crippen molar-refractivity contribution in [3.8, 4) is 0 Å². The maximum atomic E-state index is 12.5. The molecule has 110 valence electrons. The summed E-state index contributed by atoms with van der Waals surface area (Å²) in [6, 6.07) is 13.7. The molecule has 0 N–H and O–H groups in total. The Bertz CT molecular complexity index is 600. The molecule has 0 fully saturated rings. The fourth-order valence-corrected chi connectivity index (χ4v) is 2.28. The fourth-order valence-electron chi connectivity index (χ4n) is 2.28. The van der Waals surface area contributed by atoms with Gasteiger partial charge in [0.05, 0.1) is 5.56 Å². The second-order valence-corrected chi connectivity index (χ2v) is 4.81. The molecule has 0 aromatic heterocycles. The van der Waals surface area contributed by atoms with Crippen LogP contribution < -0.4 is 0 Å². The van der Waals surface area contributed by atoms with Gasteiger partial charge in [0.2, 0.25) is 0 Å². The molecule has 2 aromatic carbocycles. The lowest BCUT2D eigenvalue weighted by atomic mass is 9.88. The molecule has 0 spiro atoms. The molecule has 0 aliphatic carbocycles. The summed E-state index contributed by atoms with van der Waals surface area (Å²) in [5.41, 5.74) is 0.440. The Hall–Kier alpha value is -2.10. The highest BCUT2D eigenvalue weighted by atomic mass is 19.4. The van der Waals surface area contributed by atoms with Crippen molar-refractivity contribution in [1.82, 2.24) is 0 Å². The lowest BCUT2D eigenvalue weighted by molar-refractivity contribution is -0.137. The van der Waals surface area contributed by atoms with E-state index in [0.29, 0.717) is 12.0 Å². The SMILES string of the molecule is CCC(C(=O)c1ccc(C(F)(F)F)cc1)c1ccccc1. The van der Waals surface area contributed by atoms with Gasteiger partial charge in [-0.3, -0.25) is 4.79 Å². The van der Waals surface area contributed by atoms with Gasteiger partial charge in [0, 0.05) is 11.5 Å². The average Bonchev–Trinajstić information content (AvgIpc) is 2.48. The van der Waals surface area contributed by atoms with E-state index >= 15 is 0 Å². The Morgan fingerprint density at radius 2 is 1.57 bits per heavy atom. The summed E-state index contributed by atoms with van der Waals surface area (Å²) < 4.78 is 37.6. The quantitative estimate of drug-likeness (QED) is 0.718. The lowest BCUT2D eigenvalue weighted by Gasteiger charge is -2.15. The van der Waals surface area contributed by atoms with E-state index in [2.05, 4.69) is 0 Å². The molecule has 2 rings (SSSR count). The predicted molar refractivity (Wildman–Crippen MR) is 75.2 cm³/mol. The lowest BCUT2D eigenvalue weighted by Crippen LogP contribution is -2.13. The van der Waals surface area contributed by atoms with E-state index in [4.69, 9.17) is 0 Å². The molecule has 1 nitrogen and oxygen atoms in total. The topological polar surface area (TPSA) is 17.1 Å². The van der Waals surface area contributed by atoms with Crippen LogP contribution in [0.15, 0.2) is 54.6 Å². The molecule has 0 bridgehead atoms. The highest BCUT2D eigenvalue weighted by molar-refractivity contribution is 6.00. The van der Waals surface area contributed by atoms with Crippen molar-refractivity contribution >= 4 is 5.78 Å². The van der Waals surface area contributed by atoms with Crippen LogP contribution in [0.5, 0.6) is 0 Å². The van der Waals surface area contributed by atoms with Crippen molar-refractivity contribution < 1.29 is 18.0 Å². The zero-order valence-corrected chi connectivity index (χ0v) is 11.5. The van der Waals surface area contributed by atoms with Crippen LogP contribution in [0.2, 0.25) is 0 Å². The summed E-state index contributed by atoms with van der Waals surface area (Å²) in [5, 5.41) is 0. The average molecular weight is 292 g/mol.